The molecule has 5 nitrogen and oxygen atoms in total. The summed E-state index contributed by atoms with van der Waals surface area (Å²) in [6.45, 7) is 4.88. The lowest BCUT2D eigenvalue weighted by Crippen LogP contribution is -2.39. The van der Waals surface area contributed by atoms with Gasteiger partial charge in [0.25, 0.3) is 5.91 Å². The van der Waals surface area contributed by atoms with Gasteiger partial charge >= 0.3 is 0 Å². The topological polar surface area (TPSA) is 57.3 Å². The first-order valence-electron chi connectivity index (χ1n) is 7.21. The number of aryl methyl sites for hydroxylation is 1. The highest BCUT2D eigenvalue weighted by atomic mass is 16.1. The van der Waals surface area contributed by atoms with Gasteiger partial charge in [-0.1, -0.05) is 0 Å². The summed E-state index contributed by atoms with van der Waals surface area (Å²) in [6.07, 6.45) is 4.05. The van der Waals surface area contributed by atoms with Crippen molar-refractivity contribution in [2.24, 2.45) is 5.92 Å². The highest BCUT2D eigenvalue weighted by molar-refractivity contribution is 5.99. The van der Waals surface area contributed by atoms with Crippen LogP contribution >= 0.6 is 0 Å². The van der Waals surface area contributed by atoms with Crippen LogP contribution < -0.4 is 10.6 Å². The van der Waals surface area contributed by atoms with Crippen LogP contribution in [0.15, 0.2) is 12.3 Å². The summed E-state index contributed by atoms with van der Waals surface area (Å²) in [4.78, 5) is 18.8. The van der Waals surface area contributed by atoms with Gasteiger partial charge < -0.3 is 15.5 Å². The fraction of sp³-hybridized carbons (Fsp3) is 0.600. The molecule has 0 radical (unpaired) electrons. The number of nitrogens with one attached hydrogen (secondary N) is 2. The van der Waals surface area contributed by atoms with E-state index in [4.69, 9.17) is 0 Å². The summed E-state index contributed by atoms with van der Waals surface area (Å²) < 4.78 is 0. The second-order valence-electron chi connectivity index (χ2n) is 5.60. The zero-order chi connectivity index (χ0) is 14.5. The first-order valence-corrected chi connectivity index (χ1v) is 7.21. The summed E-state index contributed by atoms with van der Waals surface area (Å²) in [5, 5.41) is 6.09. The van der Waals surface area contributed by atoms with Gasteiger partial charge in [-0.25, -0.2) is 0 Å². The van der Waals surface area contributed by atoms with Gasteiger partial charge in [-0.15, -0.1) is 0 Å². The number of nitrogens with zero attached hydrogens (tertiary/aromatic N) is 2. The maximum atomic E-state index is 12.3. The molecule has 1 aromatic heterocycles. The molecule has 1 fully saturated rings. The lowest BCUT2D eigenvalue weighted by Gasteiger charge is -2.29. The molecule has 1 aliphatic heterocycles. The number of aromatic nitrogens is 1. The molecule has 1 aromatic rings. The van der Waals surface area contributed by atoms with E-state index in [2.05, 4.69) is 27.6 Å². The lowest BCUT2D eigenvalue weighted by atomic mass is 9.98. The van der Waals surface area contributed by atoms with E-state index in [1.807, 2.05) is 20.0 Å². The van der Waals surface area contributed by atoms with E-state index in [9.17, 15) is 4.79 Å². The molecule has 1 atom stereocenters. The van der Waals surface area contributed by atoms with Crippen LogP contribution in [-0.4, -0.2) is 49.5 Å². The molecule has 0 saturated carbocycles. The number of hydrogen-bond acceptors (Lipinski definition) is 4. The molecule has 20 heavy (non-hydrogen) atoms. The second-order valence-corrected chi connectivity index (χ2v) is 5.60. The van der Waals surface area contributed by atoms with E-state index in [1.165, 1.54) is 12.8 Å². The van der Waals surface area contributed by atoms with E-state index in [0.717, 1.165) is 31.0 Å². The Balaban J connectivity index is 1.94. The molecule has 2 rings (SSSR count). The minimum Gasteiger partial charge on any atom is -0.387 e. The lowest BCUT2D eigenvalue weighted by molar-refractivity contribution is 0.0937. The predicted molar refractivity (Wildman–Crippen MR) is 81.1 cm³/mol. The number of piperidine rings is 1. The van der Waals surface area contributed by atoms with Crippen LogP contribution in [0.5, 0.6) is 0 Å². The monoisotopic (exact) mass is 276 g/mol. The summed E-state index contributed by atoms with van der Waals surface area (Å²) >= 11 is 0. The summed E-state index contributed by atoms with van der Waals surface area (Å²) in [5.41, 5.74) is 2.35. The molecule has 5 heteroatoms. The third-order valence-corrected chi connectivity index (χ3v) is 3.83. The molecule has 2 N–H and O–H groups in total. The van der Waals surface area contributed by atoms with Crippen LogP contribution in [0.2, 0.25) is 0 Å². The van der Waals surface area contributed by atoms with Gasteiger partial charge in [0.2, 0.25) is 0 Å². The van der Waals surface area contributed by atoms with Crippen LogP contribution in [0.1, 0.15) is 28.9 Å². The number of carbonyl (C=O) groups is 1. The Bertz CT molecular complexity index is 475. The SMILES string of the molecule is CNc1cc(C)ncc1C(=O)NCC1CCCN(C)C1. The fourth-order valence-electron chi connectivity index (χ4n) is 2.72. The molecule has 1 aliphatic rings. The fourth-order valence-corrected chi connectivity index (χ4v) is 2.72. The van der Waals surface area contributed by atoms with Crippen LogP contribution in [0.25, 0.3) is 0 Å². The Morgan fingerprint density at radius 2 is 2.35 bits per heavy atom. The Labute approximate surface area is 120 Å². The number of rotatable bonds is 4. The van der Waals surface area contributed by atoms with Crippen molar-refractivity contribution >= 4 is 11.6 Å². The molecule has 1 unspecified atom stereocenters. The summed E-state index contributed by atoms with van der Waals surface area (Å²) in [7, 11) is 3.96. The van der Waals surface area contributed by atoms with Crippen molar-refractivity contribution in [2.75, 3.05) is 39.0 Å². The van der Waals surface area contributed by atoms with Gasteiger partial charge in [0, 0.05) is 32.0 Å². The number of pyridine rings is 1. The minimum atomic E-state index is -0.0462. The Kier molecular flexibility index (Phi) is 4.95. The van der Waals surface area contributed by atoms with Gasteiger partial charge in [0.05, 0.1) is 11.3 Å². The minimum absolute atomic E-state index is 0.0462. The Hall–Kier alpha value is -1.62. The number of anilines is 1. The molecule has 0 aliphatic carbocycles. The van der Waals surface area contributed by atoms with Crippen molar-refractivity contribution in [1.29, 1.82) is 0 Å². The maximum Gasteiger partial charge on any atom is 0.254 e. The van der Waals surface area contributed by atoms with E-state index >= 15 is 0 Å². The quantitative estimate of drug-likeness (QED) is 0.875. The van der Waals surface area contributed by atoms with Gasteiger partial charge in [0.1, 0.15) is 0 Å². The Morgan fingerprint density at radius 1 is 1.55 bits per heavy atom. The van der Waals surface area contributed by atoms with Gasteiger partial charge in [-0.2, -0.15) is 0 Å². The highest BCUT2D eigenvalue weighted by Gasteiger charge is 2.19. The average molecular weight is 276 g/mol. The van der Waals surface area contributed by atoms with E-state index in [0.29, 0.717) is 11.5 Å². The molecular formula is C15H24N4O. The van der Waals surface area contributed by atoms with Crippen LogP contribution in [0, 0.1) is 12.8 Å². The van der Waals surface area contributed by atoms with Crippen molar-refractivity contribution in [3.05, 3.63) is 23.5 Å². The van der Waals surface area contributed by atoms with Crippen molar-refractivity contribution in [3.8, 4) is 0 Å². The molecular weight excluding hydrogens is 252 g/mol. The Morgan fingerprint density at radius 3 is 3.05 bits per heavy atom. The first kappa shape index (κ1) is 14.8. The summed E-state index contributed by atoms with van der Waals surface area (Å²) in [6, 6.07) is 1.89. The van der Waals surface area contributed by atoms with Gasteiger partial charge in [-0.3, -0.25) is 9.78 Å². The third-order valence-electron chi connectivity index (χ3n) is 3.83. The third kappa shape index (κ3) is 3.70. The maximum absolute atomic E-state index is 12.3. The molecule has 110 valence electrons. The van der Waals surface area contributed by atoms with Crippen LogP contribution in [-0.2, 0) is 0 Å². The van der Waals surface area contributed by atoms with Gasteiger partial charge in [-0.05, 0) is 45.3 Å². The predicted octanol–water partition coefficient (Wildman–Crippen LogP) is 1.50. The summed E-state index contributed by atoms with van der Waals surface area (Å²) in [5.74, 6) is 0.504. The number of amides is 1. The van der Waals surface area contributed by atoms with E-state index in [1.54, 1.807) is 6.20 Å². The molecule has 2 heterocycles. The zero-order valence-electron chi connectivity index (χ0n) is 12.6. The van der Waals surface area contributed by atoms with Crippen molar-refractivity contribution in [2.45, 2.75) is 19.8 Å². The van der Waals surface area contributed by atoms with E-state index in [-0.39, 0.29) is 5.91 Å². The number of carbonyl (C=O) groups excluding carboxylic acids is 1. The van der Waals surface area contributed by atoms with E-state index < -0.39 is 0 Å². The van der Waals surface area contributed by atoms with Gasteiger partial charge in [0.15, 0.2) is 0 Å². The highest BCUT2D eigenvalue weighted by Crippen LogP contribution is 2.16. The van der Waals surface area contributed by atoms with Crippen molar-refractivity contribution in [3.63, 3.8) is 0 Å². The normalized spacial score (nSPS) is 19.6. The molecule has 1 saturated heterocycles. The van der Waals surface area contributed by atoms with Crippen molar-refractivity contribution < 1.29 is 4.79 Å². The molecule has 0 aromatic carbocycles. The average Bonchev–Trinajstić information content (AvgIpc) is 2.44. The largest absolute Gasteiger partial charge is 0.387 e. The second kappa shape index (κ2) is 6.70. The standard InChI is InChI=1S/C15H24N4O/c1-11-7-14(16-2)13(9-17-11)15(20)18-8-12-5-4-6-19(3)10-12/h7,9,12H,4-6,8,10H2,1-3H3,(H,16,17)(H,18,20). The van der Waals surface area contributed by atoms with Crippen LogP contribution in [0.3, 0.4) is 0 Å². The smallest absolute Gasteiger partial charge is 0.254 e. The first-order chi connectivity index (χ1) is 9.60. The number of likely N-dealkylation sites (tertiary alicyclic amines) is 1. The molecule has 1 amide bonds. The van der Waals surface area contributed by atoms with Crippen molar-refractivity contribution in [1.82, 2.24) is 15.2 Å². The number of hydrogen-bond donors (Lipinski definition) is 2. The molecule has 0 bridgehead atoms. The molecule has 0 spiro atoms. The zero-order valence-corrected chi connectivity index (χ0v) is 12.6. The van der Waals surface area contributed by atoms with Crippen LogP contribution in [0.4, 0.5) is 5.69 Å².